The van der Waals surface area contributed by atoms with Crippen molar-refractivity contribution in [1.29, 1.82) is 0 Å². The molecule has 1 N–H and O–H groups in total. The first-order chi connectivity index (χ1) is 9.18. The second-order valence-electron chi connectivity index (χ2n) is 5.52. The molecule has 2 unspecified atom stereocenters. The van der Waals surface area contributed by atoms with E-state index in [0.717, 1.165) is 19.5 Å². The summed E-state index contributed by atoms with van der Waals surface area (Å²) in [6.45, 7) is 4.67. The molecule has 0 saturated carbocycles. The van der Waals surface area contributed by atoms with Crippen molar-refractivity contribution in [2.75, 3.05) is 19.6 Å². The fourth-order valence-corrected chi connectivity index (χ4v) is 3.58. The number of fused-ring (bicyclic) bond motifs is 1. The largest absolute Gasteiger partial charge is 0.465 e. The van der Waals surface area contributed by atoms with Gasteiger partial charge in [0.15, 0.2) is 0 Å². The van der Waals surface area contributed by atoms with Gasteiger partial charge in [-0.05, 0) is 37.4 Å². The number of hydrogen-bond donors (Lipinski definition) is 1. The van der Waals surface area contributed by atoms with Crippen molar-refractivity contribution in [3.63, 3.8) is 0 Å². The fraction of sp³-hybridized carbons (Fsp3) is 0.533. The Labute approximate surface area is 113 Å². The molecular formula is C15H20N2O2. The minimum atomic E-state index is -0.792. The molecule has 4 heteroatoms. The SMILES string of the molecule is Cc1ccccc1C1C2CCCN2CCN1C(=O)O. The summed E-state index contributed by atoms with van der Waals surface area (Å²) in [5.41, 5.74) is 2.36. The smallest absolute Gasteiger partial charge is 0.407 e. The first kappa shape index (κ1) is 12.5. The molecule has 0 bridgehead atoms. The molecule has 2 fully saturated rings. The van der Waals surface area contributed by atoms with Gasteiger partial charge in [0, 0.05) is 19.1 Å². The Bertz CT molecular complexity index is 489. The lowest BCUT2D eigenvalue weighted by molar-refractivity contribution is 0.0430. The Morgan fingerprint density at radius 3 is 2.79 bits per heavy atom. The van der Waals surface area contributed by atoms with E-state index >= 15 is 0 Å². The van der Waals surface area contributed by atoms with Crippen molar-refractivity contribution in [3.05, 3.63) is 35.4 Å². The van der Waals surface area contributed by atoms with E-state index in [0.29, 0.717) is 12.6 Å². The highest BCUT2D eigenvalue weighted by Gasteiger charge is 2.42. The van der Waals surface area contributed by atoms with E-state index in [-0.39, 0.29) is 6.04 Å². The van der Waals surface area contributed by atoms with Gasteiger partial charge in [-0.15, -0.1) is 0 Å². The first-order valence-corrected chi connectivity index (χ1v) is 6.97. The summed E-state index contributed by atoms with van der Waals surface area (Å²) >= 11 is 0. The van der Waals surface area contributed by atoms with Gasteiger partial charge in [0.25, 0.3) is 0 Å². The Hall–Kier alpha value is -1.55. The van der Waals surface area contributed by atoms with Crippen LogP contribution in [0.2, 0.25) is 0 Å². The standard InChI is InChI=1S/C15H20N2O2/c1-11-5-2-3-6-12(11)14-13-7-4-8-16(13)9-10-17(14)15(18)19/h2-3,5-6,13-14H,4,7-10H2,1H3,(H,18,19). The predicted molar refractivity (Wildman–Crippen MR) is 73.2 cm³/mol. The number of benzene rings is 1. The van der Waals surface area contributed by atoms with Crippen LogP contribution < -0.4 is 0 Å². The van der Waals surface area contributed by atoms with E-state index in [1.54, 1.807) is 4.90 Å². The lowest BCUT2D eigenvalue weighted by atomic mass is 9.91. The highest BCUT2D eigenvalue weighted by molar-refractivity contribution is 5.66. The molecule has 2 heterocycles. The number of hydrogen-bond acceptors (Lipinski definition) is 2. The molecule has 2 saturated heterocycles. The Morgan fingerprint density at radius 2 is 2.05 bits per heavy atom. The zero-order valence-corrected chi connectivity index (χ0v) is 11.2. The van der Waals surface area contributed by atoms with Crippen LogP contribution in [0.5, 0.6) is 0 Å². The normalized spacial score (nSPS) is 27.3. The summed E-state index contributed by atoms with van der Waals surface area (Å²) in [5, 5.41) is 9.49. The number of amides is 1. The van der Waals surface area contributed by atoms with Crippen LogP contribution in [0.4, 0.5) is 4.79 Å². The number of carboxylic acid groups (broad SMARTS) is 1. The van der Waals surface area contributed by atoms with E-state index in [1.165, 1.54) is 17.5 Å². The van der Waals surface area contributed by atoms with Crippen molar-refractivity contribution in [3.8, 4) is 0 Å². The molecular weight excluding hydrogens is 240 g/mol. The Balaban J connectivity index is 2.01. The van der Waals surface area contributed by atoms with Crippen LogP contribution in [0.1, 0.15) is 30.0 Å². The summed E-state index contributed by atoms with van der Waals surface area (Å²) in [7, 11) is 0. The van der Waals surface area contributed by atoms with Crippen LogP contribution in [-0.4, -0.2) is 46.7 Å². The molecule has 0 radical (unpaired) electrons. The maximum absolute atomic E-state index is 11.5. The van der Waals surface area contributed by atoms with Gasteiger partial charge in [-0.25, -0.2) is 4.79 Å². The van der Waals surface area contributed by atoms with Crippen LogP contribution in [0.3, 0.4) is 0 Å². The van der Waals surface area contributed by atoms with Crippen LogP contribution >= 0.6 is 0 Å². The lowest BCUT2D eigenvalue weighted by Crippen LogP contribution is -2.53. The van der Waals surface area contributed by atoms with Crippen molar-refractivity contribution in [2.24, 2.45) is 0 Å². The molecule has 1 amide bonds. The summed E-state index contributed by atoms with van der Waals surface area (Å²) in [6.07, 6.45) is 1.49. The van der Waals surface area contributed by atoms with Crippen LogP contribution in [0.25, 0.3) is 0 Å². The van der Waals surface area contributed by atoms with Crippen molar-refractivity contribution in [2.45, 2.75) is 31.8 Å². The van der Waals surface area contributed by atoms with Gasteiger partial charge in [0.1, 0.15) is 0 Å². The third-order valence-electron chi connectivity index (χ3n) is 4.50. The highest BCUT2D eigenvalue weighted by atomic mass is 16.4. The Kier molecular flexibility index (Phi) is 3.19. The average molecular weight is 260 g/mol. The molecule has 3 rings (SSSR count). The van der Waals surface area contributed by atoms with E-state index in [1.807, 2.05) is 12.1 Å². The van der Waals surface area contributed by atoms with Crippen LogP contribution in [0, 0.1) is 6.92 Å². The van der Waals surface area contributed by atoms with Crippen molar-refractivity contribution >= 4 is 6.09 Å². The molecule has 102 valence electrons. The van der Waals surface area contributed by atoms with E-state index < -0.39 is 6.09 Å². The van der Waals surface area contributed by atoms with Crippen molar-refractivity contribution in [1.82, 2.24) is 9.80 Å². The molecule has 0 spiro atoms. The highest BCUT2D eigenvalue weighted by Crippen LogP contribution is 2.38. The third kappa shape index (κ3) is 2.10. The molecule has 1 aromatic carbocycles. The Morgan fingerprint density at radius 1 is 1.26 bits per heavy atom. The second-order valence-corrected chi connectivity index (χ2v) is 5.52. The van der Waals surface area contributed by atoms with Crippen molar-refractivity contribution < 1.29 is 9.90 Å². The van der Waals surface area contributed by atoms with Gasteiger partial charge in [-0.3, -0.25) is 9.80 Å². The van der Waals surface area contributed by atoms with Gasteiger partial charge < -0.3 is 5.11 Å². The summed E-state index contributed by atoms with van der Waals surface area (Å²) in [4.78, 5) is 15.6. The summed E-state index contributed by atoms with van der Waals surface area (Å²) in [5.74, 6) is 0. The van der Waals surface area contributed by atoms with Gasteiger partial charge in [0.05, 0.1) is 6.04 Å². The summed E-state index contributed by atoms with van der Waals surface area (Å²) in [6, 6.07) is 8.53. The quantitative estimate of drug-likeness (QED) is 0.843. The molecule has 0 aliphatic carbocycles. The molecule has 19 heavy (non-hydrogen) atoms. The van der Waals surface area contributed by atoms with Crippen LogP contribution in [0.15, 0.2) is 24.3 Å². The predicted octanol–water partition coefficient (Wildman–Crippen LogP) is 2.49. The zero-order chi connectivity index (χ0) is 13.4. The maximum Gasteiger partial charge on any atom is 0.407 e. The van der Waals surface area contributed by atoms with Gasteiger partial charge in [0.2, 0.25) is 0 Å². The molecule has 2 atom stereocenters. The topological polar surface area (TPSA) is 43.8 Å². The van der Waals surface area contributed by atoms with Gasteiger partial charge in [-0.2, -0.15) is 0 Å². The molecule has 0 aromatic heterocycles. The molecule has 2 aliphatic heterocycles. The van der Waals surface area contributed by atoms with E-state index in [9.17, 15) is 9.90 Å². The number of carbonyl (C=O) groups is 1. The van der Waals surface area contributed by atoms with E-state index in [2.05, 4.69) is 24.0 Å². The number of piperazine rings is 1. The zero-order valence-electron chi connectivity index (χ0n) is 11.2. The number of nitrogens with zero attached hydrogens (tertiary/aromatic N) is 2. The van der Waals surface area contributed by atoms with Crippen LogP contribution in [-0.2, 0) is 0 Å². The lowest BCUT2D eigenvalue weighted by Gasteiger charge is -2.44. The maximum atomic E-state index is 11.5. The average Bonchev–Trinajstić information content (AvgIpc) is 2.86. The number of rotatable bonds is 1. The minimum absolute atomic E-state index is 0.00468. The molecule has 1 aromatic rings. The van der Waals surface area contributed by atoms with Gasteiger partial charge in [-0.1, -0.05) is 24.3 Å². The molecule has 2 aliphatic rings. The third-order valence-corrected chi connectivity index (χ3v) is 4.50. The monoisotopic (exact) mass is 260 g/mol. The number of aryl methyl sites for hydroxylation is 1. The van der Waals surface area contributed by atoms with Gasteiger partial charge >= 0.3 is 6.09 Å². The first-order valence-electron chi connectivity index (χ1n) is 6.97. The van der Waals surface area contributed by atoms with E-state index in [4.69, 9.17) is 0 Å². The fourth-order valence-electron chi connectivity index (χ4n) is 3.58. The summed E-state index contributed by atoms with van der Waals surface area (Å²) < 4.78 is 0. The minimum Gasteiger partial charge on any atom is -0.465 e. The second kappa shape index (κ2) is 4.85. The molecule has 4 nitrogen and oxygen atoms in total.